The van der Waals surface area contributed by atoms with Crippen molar-refractivity contribution in [1.82, 2.24) is 20.1 Å². The topological polar surface area (TPSA) is 103 Å². The standard InChI is InChI=1S/C18H20N4O4S/c1-4-5-12-9-15(23)20-18(19-12)27-10-16-21-17(22-26-16)11-6-7-13(24-2)14(8-11)25-3/h6-9H,4-5,10H2,1-3H3,(H,19,20,23). The molecule has 0 unspecified atom stereocenters. The second-order valence-corrected chi connectivity index (χ2v) is 6.63. The summed E-state index contributed by atoms with van der Waals surface area (Å²) in [4.78, 5) is 23.3. The van der Waals surface area contributed by atoms with Crippen LogP contribution in [0, 0.1) is 0 Å². The first kappa shape index (κ1) is 19.0. The molecule has 0 saturated heterocycles. The summed E-state index contributed by atoms with van der Waals surface area (Å²) in [5.74, 6) is 2.51. The van der Waals surface area contributed by atoms with E-state index in [0.717, 1.165) is 24.1 Å². The molecular formula is C18H20N4O4S. The molecule has 8 nitrogen and oxygen atoms in total. The number of methoxy groups -OCH3 is 2. The molecule has 0 radical (unpaired) electrons. The Hall–Kier alpha value is -2.81. The minimum Gasteiger partial charge on any atom is -0.493 e. The van der Waals surface area contributed by atoms with Crippen LogP contribution in [0.2, 0.25) is 0 Å². The number of rotatable bonds is 8. The van der Waals surface area contributed by atoms with Crippen LogP contribution in [0.3, 0.4) is 0 Å². The molecule has 0 amide bonds. The molecule has 0 aliphatic rings. The number of nitrogens with one attached hydrogen (secondary N) is 1. The fourth-order valence-electron chi connectivity index (χ4n) is 2.47. The van der Waals surface area contributed by atoms with Gasteiger partial charge in [0.1, 0.15) is 0 Å². The number of aromatic amines is 1. The minimum absolute atomic E-state index is 0.160. The van der Waals surface area contributed by atoms with Crippen LogP contribution in [0.4, 0.5) is 0 Å². The monoisotopic (exact) mass is 388 g/mol. The van der Waals surface area contributed by atoms with E-state index in [1.165, 1.54) is 17.8 Å². The zero-order valence-electron chi connectivity index (χ0n) is 15.3. The fourth-order valence-corrected chi connectivity index (χ4v) is 3.20. The Bertz CT molecular complexity index is 970. The molecule has 3 aromatic rings. The molecule has 3 rings (SSSR count). The Labute approximate surface area is 160 Å². The summed E-state index contributed by atoms with van der Waals surface area (Å²) in [7, 11) is 3.15. The van der Waals surface area contributed by atoms with Crippen molar-refractivity contribution < 1.29 is 14.0 Å². The molecule has 2 heterocycles. The number of hydrogen-bond acceptors (Lipinski definition) is 8. The van der Waals surface area contributed by atoms with E-state index in [0.29, 0.717) is 34.1 Å². The van der Waals surface area contributed by atoms with Gasteiger partial charge < -0.3 is 19.0 Å². The van der Waals surface area contributed by atoms with Gasteiger partial charge in [0, 0.05) is 17.3 Å². The number of nitrogens with zero attached hydrogens (tertiary/aromatic N) is 3. The van der Waals surface area contributed by atoms with Crippen molar-refractivity contribution >= 4 is 11.8 Å². The van der Waals surface area contributed by atoms with Crippen LogP contribution in [-0.2, 0) is 12.2 Å². The highest BCUT2D eigenvalue weighted by Crippen LogP contribution is 2.31. The number of H-pyrrole nitrogens is 1. The van der Waals surface area contributed by atoms with Gasteiger partial charge >= 0.3 is 0 Å². The van der Waals surface area contributed by atoms with E-state index >= 15 is 0 Å². The van der Waals surface area contributed by atoms with Crippen LogP contribution in [-0.4, -0.2) is 34.3 Å². The van der Waals surface area contributed by atoms with E-state index < -0.39 is 0 Å². The first-order valence-corrected chi connectivity index (χ1v) is 9.39. The van der Waals surface area contributed by atoms with Gasteiger partial charge in [0.15, 0.2) is 16.7 Å². The number of thioether (sulfide) groups is 1. The molecular weight excluding hydrogens is 368 g/mol. The molecule has 0 bridgehead atoms. The van der Waals surface area contributed by atoms with Crippen molar-refractivity contribution in [2.24, 2.45) is 0 Å². The summed E-state index contributed by atoms with van der Waals surface area (Å²) < 4.78 is 15.8. The van der Waals surface area contributed by atoms with Gasteiger partial charge in [0.2, 0.25) is 11.7 Å². The molecule has 0 fully saturated rings. The van der Waals surface area contributed by atoms with Crippen LogP contribution in [0.1, 0.15) is 24.9 Å². The van der Waals surface area contributed by atoms with Gasteiger partial charge in [-0.1, -0.05) is 30.3 Å². The Morgan fingerprint density at radius 3 is 2.70 bits per heavy atom. The summed E-state index contributed by atoms with van der Waals surface area (Å²) in [6.07, 6.45) is 1.69. The van der Waals surface area contributed by atoms with Crippen molar-refractivity contribution in [3.05, 3.63) is 46.2 Å². The van der Waals surface area contributed by atoms with Crippen LogP contribution in [0.15, 0.2) is 38.7 Å². The van der Waals surface area contributed by atoms with Crippen LogP contribution < -0.4 is 15.0 Å². The van der Waals surface area contributed by atoms with E-state index in [-0.39, 0.29) is 5.56 Å². The number of aryl methyl sites for hydroxylation is 1. The number of hydrogen-bond donors (Lipinski definition) is 1. The molecule has 0 saturated carbocycles. The van der Waals surface area contributed by atoms with E-state index in [9.17, 15) is 4.79 Å². The maximum Gasteiger partial charge on any atom is 0.251 e. The van der Waals surface area contributed by atoms with Gasteiger partial charge in [-0.25, -0.2) is 4.98 Å². The molecule has 0 atom stereocenters. The second-order valence-electron chi connectivity index (χ2n) is 5.66. The SMILES string of the molecule is CCCc1cc(=O)[nH]c(SCc2nc(-c3ccc(OC)c(OC)c3)no2)n1. The highest BCUT2D eigenvalue weighted by atomic mass is 32.2. The first-order valence-electron chi connectivity index (χ1n) is 8.41. The maximum atomic E-state index is 11.7. The average molecular weight is 388 g/mol. The van der Waals surface area contributed by atoms with E-state index in [1.807, 2.05) is 13.0 Å². The van der Waals surface area contributed by atoms with Crippen molar-refractivity contribution in [1.29, 1.82) is 0 Å². The van der Waals surface area contributed by atoms with Crippen molar-refractivity contribution in [2.75, 3.05) is 14.2 Å². The fraction of sp³-hybridized carbons (Fsp3) is 0.333. The van der Waals surface area contributed by atoms with Gasteiger partial charge in [-0.3, -0.25) is 4.79 Å². The Kier molecular flexibility index (Phi) is 6.12. The third kappa shape index (κ3) is 4.68. The molecule has 27 heavy (non-hydrogen) atoms. The minimum atomic E-state index is -0.160. The van der Waals surface area contributed by atoms with Crippen LogP contribution in [0.25, 0.3) is 11.4 Å². The molecule has 0 spiro atoms. The lowest BCUT2D eigenvalue weighted by molar-refractivity contribution is 0.355. The van der Waals surface area contributed by atoms with E-state index in [4.69, 9.17) is 14.0 Å². The van der Waals surface area contributed by atoms with Crippen molar-refractivity contribution in [3.63, 3.8) is 0 Å². The molecule has 0 aliphatic heterocycles. The van der Waals surface area contributed by atoms with Gasteiger partial charge in [-0.05, 0) is 24.6 Å². The highest BCUT2D eigenvalue weighted by molar-refractivity contribution is 7.98. The molecule has 1 N–H and O–H groups in total. The van der Waals surface area contributed by atoms with E-state index in [1.54, 1.807) is 26.4 Å². The Morgan fingerprint density at radius 1 is 1.15 bits per heavy atom. The summed E-state index contributed by atoms with van der Waals surface area (Å²) in [6, 6.07) is 6.92. The first-order chi connectivity index (χ1) is 13.1. The Balaban J connectivity index is 1.72. The molecule has 0 aliphatic carbocycles. The smallest absolute Gasteiger partial charge is 0.251 e. The van der Waals surface area contributed by atoms with Gasteiger partial charge in [0.25, 0.3) is 5.56 Å². The lowest BCUT2D eigenvalue weighted by atomic mass is 10.2. The largest absolute Gasteiger partial charge is 0.493 e. The maximum absolute atomic E-state index is 11.7. The van der Waals surface area contributed by atoms with Crippen LogP contribution in [0.5, 0.6) is 11.5 Å². The summed E-state index contributed by atoms with van der Waals surface area (Å²) in [5, 5.41) is 4.54. The predicted molar refractivity (Wildman–Crippen MR) is 101 cm³/mol. The van der Waals surface area contributed by atoms with Crippen molar-refractivity contribution in [3.8, 4) is 22.9 Å². The van der Waals surface area contributed by atoms with Gasteiger partial charge in [-0.15, -0.1) is 0 Å². The predicted octanol–water partition coefficient (Wildman–Crippen LogP) is 3.08. The van der Waals surface area contributed by atoms with Crippen LogP contribution >= 0.6 is 11.8 Å². The summed E-state index contributed by atoms with van der Waals surface area (Å²) in [6.45, 7) is 2.05. The quantitative estimate of drug-likeness (QED) is 0.464. The summed E-state index contributed by atoms with van der Waals surface area (Å²) >= 11 is 1.34. The normalized spacial score (nSPS) is 10.8. The molecule has 142 valence electrons. The number of ether oxygens (including phenoxy) is 2. The molecule has 1 aromatic carbocycles. The van der Waals surface area contributed by atoms with E-state index in [2.05, 4.69) is 20.1 Å². The summed E-state index contributed by atoms with van der Waals surface area (Å²) in [5.41, 5.74) is 1.37. The zero-order valence-corrected chi connectivity index (χ0v) is 16.1. The Morgan fingerprint density at radius 2 is 1.96 bits per heavy atom. The lowest BCUT2D eigenvalue weighted by Crippen LogP contribution is -2.09. The van der Waals surface area contributed by atoms with Gasteiger partial charge in [0.05, 0.1) is 20.0 Å². The highest BCUT2D eigenvalue weighted by Gasteiger charge is 2.13. The molecule has 2 aromatic heterocycles. The number of benzene rings is 1. The van der Waals surface area contributed by atoms with Crippen molar-refractivity contribution in [2.45, 2.75) is 30.7 Å². The zero-order chi connectivity index (χ0) is 19.2. The second kappa shape index (κ2) is 8.72. The average Bonchev–Trinajstić information content (AvgIpc) is 3.14. The molecule has 9 heteroatoms. The van der Waals surface area contributed by atoms with Gasteiger partial charge in [-0.2, -0.15) is 4.98 Å². The third-order valence-electron chi connectivity index (χ3n) is 3.72. The third-order valence-corrected chi connectivity index (χ3v) is 4.58. The lowest BCUT2D eigenvalue weighted by Gasteiger charge is -2.07. The number of aromatic nitrogens is 4.